The monoisotopic (exact) mass is 264 g/mol. The average Bonchev–Trinajstić information content (AvgIpc) is 2.42. The van der Waals surface area contributed by atoms with E-state index in [0.717, 1.165) is 6.42 Å². The van der Waals surface area contributed by atoms with Crippen LogP contribution in [0.2, 0.25) is 0 Å². The maximum absolute atomic E-state index is 11.8. The maximum Gasteiger partial charge on any atom is 0.330 e. The van der Waals surface area contributed by atoms with Crippen LogP contribution in [0.4, 0.5) is 0 Å². The van der Waals surface area contributed by atoms with Crippen molar-refractivity contribution >= 4 is 11.9 Å². The van der Waals surface area contributed by atoms with Crippen LogP contribution < -0.4 is 11.1 Å². The van der Waals surface area contributed by atoms with E-state index in [0.29, 0.717) is 12.1 Å². The summed E-state index contributed by atoms with van der Waals surface area (Å²) in [4.78, 5) is 23.1. The van der Waals surface area contributed by atoms with Crippen molar-refractivity contribution in [1.82, 2.24) is 5.32 Å². The molecule has 4 N–H and O–H groups in total. The minimum atomic E-state index is -1.07. The van der Waals surface area contributed by atoms with Gasteiger partial charge in [0.15, 0.2) is 6.04 Å². The predicted octanol–water partition coefficient (Wildman–Crippen LogP) is 1.30. The summed E-state index contributed by atoms with van der Waals surface area (Å²) in [6.45, 7) is 2.38. The molecular weight excluding hydrogens is 244 g/mol. The molecule has 19 heavy (non-hydrogen) atoms. The van der Waals surface area contributed by atoms with Crippen molar-refractivity contribution in [3.05, 3.63) is 35.9 Å². The van der Waals surface area contributed by atoms with Crippen molar-refractivity contribution in [3.8, 4) is 0 Å². The normalized spacial score (nSPS) is 13.6. The van der Waals surface area contributed by atoms with E-state index in [1.165, 1.54) is 0 Å². The Bertz CT molecular complexity index is 416. The van der Waals surface area contributed by atoms with E-state index in [1.54, 1.807) is 30.3 Å². The molecule has 0 aromatic heterocycles. The van der Waals surface area contributed by atoms with Crippen LogP contribution in [-0.2, 0) is 9.59 Å². The highest BCUT2D eigenvalue weighted by atomic mass is 16.4. The van der Waals surface area contributed by atoms with Gasteiger partial charge in [0.1, 0.15) is 0 Å². The Morgan fingerprint density at radius 3 is 2.42 bits per heavy atom. The molecule has 0 bridgehead atoms. The second-order valence-electron chi connectivity index (χ2n) is 4.46. The Kier molecular flexibility index (Phi) is 6.02. The van der Waals surface area contributed by atoms with Crippen LogP contribution >= 0.6 is 0 Å². The number of carbonyl (C=O) groups is 2. The molecule has 1 amide bonds. The third kappa shape index (κ3) is 4.71. The van der Waals surface area contributed by atoms with Crippen molar-refractivity contribution in [2.24, 2.45) is 11.7 Å². The third-order valence-corrected chi connectivity index (χ3v) is 3.07. The zero-order valence-corrected chi connectivity index (χ0v) is 11.0. The number of benzene rings is 1. The smallest absolute Gasteiger partial charge is 0.330 e. The Hall–Kier alpha value is -1.88. The largest absolute Gasteiger partial charge is 0.479 e. The summed E-state index contributed by atoms with van der Waals surface area (Å²) in [5.74, 6) is -1.26. The van der Waals surface area contributed by atoms with E-state index in [4.69, 9.17) is 5.73 Å². The molecule has 2 unspecified atom stereocenters. The second-order valence-corrected chi connectivity index (χ2v) is 4.46. The van der Waals surface area contributed by atoms with Gasteiger partial charge in [0.25, 0.3) is 0 Å². The molecule has 2 atom stereocenters. The van der Waals surface area contributed by atoms with E-state index in [1.807, 2.05) is 6.92 Å². The van der Waals surface area contributed by atoms with E-state index in [2.05, 4.69) is 5.32 Å². The van der Waals surface area contributed by atoms with Crippen molar-refractivity contribution in [2.45, 2.75) is 25.8 Å². The molecule has 0 aliphatic rings. The number of rotatable bonds is 7. The van der Waals surface area contributed by atoms with Gasteiger partial charge in [-0.05, 0) is 18.0 Å². The van der Waals surface area contributed by atoms with Gasteiger partial charge >= 0.3 is 5.97 Å². The summed E-state index contributed by atoms with van der Waals surface area (Å²) in [6, 6.07) is 7.63. The van der Waals surface area contributed by atoms with Gasteiger partial charge in [-0.3, -0.25) is 4.79 Å². The summed E-state index contributed by atoms with van der Waals surface area (Å²) in [5.41, 5.74) is 6.10. The van der Waals surface area contributed by atoms with Crippen LogP contribution in [0, 0.1) is 5.92 Å². The van der Waals surface area contributed by atoms with Crippen LogP contribution in [0.3, 0.4) is 0 Å². The molecule has 104 valence electrons. The molecule has 5 nitrogen and oxygen atoms in total. The first-order chi connectivity index (χ1) is 9.08. The van der Waals surface area contributed by atoms with Crippen LogP contribution in [0.15, 0.2) is 30.3 Å². The van der Waals surface area contributed by atoms with E-state index in [9.17, 15) is 14.7 Å². The summed E-state index contributed by atoms with van der Waals surface area (Å²) in [6.07, 6.45) is 1.05. The number of carbonyl (C=O) groups excluding carboxylic acids is 1. The minimum absolute atomic E-state index is 0.0882. The van der Waals surface area contributed by atoms with E-state index >= 15 is 0 Å². The highest BCUT2D eigenvalue weighted by Gasteiger charge is 2.22. The molecule has 1 aromatic rings. The van der Waals surface area contributed by atoms with E-state index < -0.39 is 12.0 Å². The first kappa shape index (κ1) is 15.2. The number of aliphatic carboxylic acids is 1. The highest BCUT2D eigenvalue weighted by Crippen LogP contribution is 2.14. The second kappa shape index (κ2) is 7.53. The molecule has 0 fully saturated rings. The van der Waals surface area contributed by atoms with Gasteiger partial charge in [-0.1, -0.05) is 43.7 Å². The van der Waals surface area contributed by atoms with Crippen molar-refractivity contribution < 1.29 is 14.7 Å². The van der Waals surface area contributed by atoms with Gasteiger partial charge in [-0.25, -0.2) is 4.79 Å². The zero-order valence-electron chi connectivity index (χ0n) is 11.0. The summed E-state index contributed by atoms with van der Waals surface area (Å²) < 4.78 is 0. The van der Waals surface area contributed by atoms with Crippen LogP contribution in [-0.4, -0.2) is 23.5 Å². The molecule has 0 aliphatic heterocycles. The number of nitrogens with one attached hydrogen (secondary N) is 1. The Morgan fingerprint density at radius 2 is 1.95 bits per heavy atom. The van der Waals surface area contributed by atoms with Crippen molar-refractivity contribution in [3.63, 3.8) is 0 Å². The zero-order chi connectivity index (χ0) is 14.3. The Labute approximate surface area is 112 Å². The molecule has 0 aliphatic carbocycles. The van der Waals surface area contributed by atoms with Crippen LogP contribution in [0.25, 0.3) is 0 Å². The fraction of sp³-hybridized carbons (Fsp3) is 0.429. The first-order valence-electron chi connectivity index (χ1n) is 6.35. The lowest BCUT2D eigenvalue weighted by molar-refractivity contribution is -0.142. The standard InChI is InChI=1S/C14H20N2O3/c1-2-10(9-15)8-12(17)16-13(14(18)19)11-6-4-3-5-7-11/h3-7,10,13H,2,8-9,15H2,1H3,(H,16,17)(H,18,19). The Morgan fingerprint density at radius 1 is 1.32 bits per heavy atom. The molecule has 0 saturated heterocycles. The topological polar surface area (TPSA) is 92.4 Å². The average molecular weight is 264 g/mol. The SMILES string of the molecule is CCC(CN)CC(=O)NC(C(=O)O)c1ccccc1. The van der Waals surface area contributed by atoms with Crippen LogP contribution in [0.5, 0.6) is 0 Å². The Balaban J connectivity index is 2.70. The lowest BCUT2D eigenvalue weighted by Gasteiger charge is -2.17. The minimum Gasteiger partial charge on any atom is -0.479 e. The molecule has 1 rings (SSSR count). The predicted molar refractivity (Wildman–Crippen MR) is 72.4 cm³/mol. The van der Waals surface area contributed by atoms with Crippen molar-refractivity contribution in [2.75, 3.05) is 6.54 Å². The summed E-state index contributed by atoms with van der Waals surface area (Å²) >= 11 is 0. The molecule has 0 spiro atoms. The van der Waals surface area contributed by atoms with Gasteiger partial charge in [0.05, 0.1) is 0 Å². The first-order valence-corrected chi connectivity index (χ1v) is 6.35. The lowest BCUT2D eigenvalue weighted by Crippen LogP contribution is -2.35. The summed E-state index contributed by atoms with van der Waals surface area (Å²) in [7, 11) is 0. The van der Waals surface area contributed by atoms with Crippen LogP contribution in [0.1, 0.15) is 31.4 Å². The molecule has 0 heterocycles. The quantitative estimate of drug-likeness (QED) is 0.692. The molecule has 0 radical (unpaired) electrons. The van der Waals surface area contributed by atoms with Crippen molar-refractivity contribution in [1.29, 1.82) is 0 Å². The number of carboxylic acids is 1. The number of hydrogen-bond acceptors (Lipinski definition) is 3. The fourth-order valence-corrected chi connectivity index (χ4v) is 1.81. The number of carboxylic acid groups (broad SMARTS) is 1. The number of hydrogen-bond donors (Lipinski definition) is 3. The van der Waals surface area contributed by atoms with Gasteiger partial charge in [0.2, 0.25) is 5.91 Å². The molecule has 1 aromatic carbocycles. The number of amides is 1. The van der Waals surface area contributed by atoms with Gasteiger partial charge in [0, 0.05) is 6.42 Å². The van der Waals surface area contributed by atoms with Gasteiger partial charge < -0.3 is 16.2 Å². The molecule has 0 saturated carbocycles. The van der Waals surface area contributed by atoms with Gasteiger partial charge in [-0.15, -0.1) is 0 Å². The third-order valence-electron chi connectivity index (χ3n) is 3.07. The lowest BCUT2D eigenvalue weighted by atomic mass is 10.0. The van der Waals surface area contributed by atoms with Gasteiger partial charge in [-0.2, -0.15) is 0 Å². The summed E-state index contributed by atoms with van der Waals surface area (Å²) in [5, 5.41) is 11.7. The van der Waals surface area contributed by atoms with E-state index in [-0.39, 0.29) is 18.2 Å². The molecule has 5 heteroatoms. The maximum atomic E-state index is 11.8. The fourth-order valence-electron chi connectivity index (χ4n) is 1.81. The number of nitrogens with two attached hydrogens (primary N) is 1. The molecular formula is C14H20N2O3. The highest BCUT2D eigenvalue weighted by molar-refractivity contribution is 5.84.